The number of nitrogens with one attached hydrogen (secondary N) is 4. The summed E-state index contributed by atoms with van der Waals surface area (Å²) < 4.78 is 69.9. The van der Waals surface area contributed by atoms with Crippen molar-refractivity contribution in [1.82, 2.24) is 39.9 Å². The minimum Gasteiger partial charge on any atom is -0.744 e. The summed E-state index contributed by atoms with van der Waals surface area (Å²) in [6.45, 7) is 0. The summed E-state index contributed by atoms with van der Waals surface area (Å²) in [6.07, 6.45) is 14.7. The van der Waals surface area contributed by atoms with Crippen molar-refractivity contribution in [2.24, 2.45) is 0 Å². The van der Waals surface area contributed by atoms with Crippen LogP contribution < -0.4 is 0 Å². The van der Waals surface area contributed by atoms with E-state index in [2.05, 4.69) is 66.3 Å². The van der Waals surface area contributed by atoms with Gasteiger partial charge in [0.05, 0.1) is 21.2 Å². The van der Waals surface area contributed by atoms with Gasteiger partial charge < -0.3 is 39.0 Å². The monoisotopic (exact) mass is 2110 g/mol. The first-order valence-corrected chi connectivity index (χ1v) is 23.4. The first-order chi connectivity index (χ1) is 32.8. The van der Waals surface area contributed by atoms with Crippen LogP contribution in [0.5, 0.6) is 0 Å². The van der Waals surface area contributed by atoms with Gasteiger partial charge in [-0.25, -0.2) is 16.8 Å². The molecule has 0 spiro atoms. The molecule has 0 saturated heterocycles. The summed E-state index contributed by atoms with van der Waals surface area (Å²) in [4.78, 5) is 30.9. The van der Waals surface area contributed by atoms with Crippen LogP contribution in [0.2, 0.25) is 0 Å². The molecule has 4 aliphatic heterocycles. The van der Waals surface area contributed by atoms with E-state index in [-0.39, 0.29) is 152 Å². The Morgan fingerprint density at radius 2 is 0.640 bits per heavy atom. The third-order valence-corrected chi connectivity index (χ3v) is 12.4. The van der Waals surface area contributed by atoms with Crippen molar-refractivity contribution in [3.8, 4) is 22.3 Å². The van der Waals surface area contributed by atoms with E-state index in [0.717, 1.165) is 22.1 Å². The molecule has 6 radical (unpaired) electrons. The minimum absolute atomic E-state index is 0. The van der Waals surface area contributed by atoms with Crippen molar-refractivity contribution < 1.29 is 168 Å². The zero-order chi connectivity index (χ0) is 46.6. The Bertz CT molecular complexity index is 3890. The van der Waals surface area contributed by atoms with E-state index in [1.807, 2.05) is 97.1 Å². The quantitative estimate of drug-likeness (QED) is 0.0742. The van der Waals surface area contributed by atoms with Crippen molar-refractivity contribution >= 4 is 113 Å². The SMILES string of the molecule is O=S(=O)([O-])c1cccc(-c2c3nc([c-]c4ccc([c-]c5nc([c-]c6ccc2[nH]6)C=C5)[nH]4)C=C3)c1.O=S(=O)([O-])c1cccc(-c2c3nc([c-]c4ccc([c-]c5nc([c-]c6ccc2[nH]6)C=C5)[nH]4)C=C3)c1.[Re].[Re].[Re].[Re].[Re].[Re].[Zn+2]. The first kappa shape index (κ1) is 63.6. The van der Waals surface area contributed by atoms with Crippen LogP contribution >= 0.6 is 0 Å². The molecular formula is C52H28N8O6Re6S2Zn-6. The van der Waals surface area contributed by atoms with Crippen LogP contribution in [-0.2, 0) is 162 Å². The Labute approximate surface area is 525 Å². The number of benzene rings is 2. The number of hydrogen-bond donors (Lipinski definition) is 4. The summed E-state index contributed by atoms with van der Waals surface area (Å²) in [7, 11) is -9.23. The largest absolute Gasteiger partial charge is 2.00 e. The van der Waals surface area contributed by atoms with Crippen molar-refractivity contribution in [2.75, 3.05) is 0 Å². The molecular weight excluding hydrogens is 2080 g/mol. The van der Waals surface area contributed by atoms with Gasteiger partial charge in [-0.2, -0.15) is 48.6 Å². The van der Waals surface area contributed by atoms with Crippen LogP contribution in [0.3, 0.4) is 0 Å². The van der Waals surface area contributed by atoms with E-state index in [0.29, 0.717) is 89.9 Å². The van der Waals surface area contributed by atoms with Crippen LogP contribution in [0.15, 0.2) is 107 Å². The van der Waals surface area contributed by atoms with Crippen molar-refractivity contribution in [2.45, 2.75) is 9.79 Å². The normalized spacial score (nSPS) is 11.7. The van der Waals surface area contributed by atoms with Gasteiger partial charge in [0.1, 0.15) is 20.2 Å². The molecule has 0 amide bonds. The molecule has 8 aromatic rings. The van der Waals surface area contributed by atoms with Crippen molar-refractivity contribution in [3.63, 3.8) is 0 Å². The van der Waals surface area contributed by atoms with E-state index < -0.39 is 20.2 Å². The number of H-pyrrole nitrogens is 4. The zero-order valence-electron chi connectivity index (χ0n) is 37.9. The molecule has 0 aliphatic carbocycles. The Morgan fingerprint density at radius 1 is 0.360 bits per heavy atom. The predicted octanol–water partition coefficient (Wildman–Crippen LogP) is 9.24. The van der Waals surface area contributed by atoms with E-state index in [4.69, 9.17) is 9.97 Å². The van der Waals surface area contributed by atoms with Crippen LogP contribution in [0.25, 0.3) is 115 Å². The minimum atomic E-state index is -4.62. The van der Waals surface area contributed by atoms with Crippen molar-refractivity contribution in [1.29, 1.82) is 0 Å². The fraction of sp³-hybridized carbons (Fsp3) is 0. The number of nitrogens with zero attached hydrogens (tertiary/aromatic N) is 4. The molecule has 0 saturated carbocycles. The first-order valence-electron chi connectivity index (χ1n) is 20.6. The Kier molecular flexibility index (Phi) is 22.6. The Hall–Kier alpha value is -3.94. The molecule has 0 unspecified atom stereocenters. The number of fused-ring (bicyclic) bond motifs is 16. The van der Waals surface area contributed by atoms with Crippen LogP contribution in [0.4, 0.5) is 0 Å². The summed E-state index contributed by atoms with van der Waals surface area (Å²) in [5, 5.41) is 0. The van der Waals surface area contributed by atoms with Gasteiger partial charge in [-0.1, -0.05) is 104 Å². The molecule has 12 rings (SSSR count). The van der Waals surface area contributed by atoms with Gasteiger partial charge in [0.15, 0.2) is 0 Å². The molecule has 75 heavy (non-hydrogen) atoms. The third-order valence-electron chi connectivity index (χ3n) is 10.8. The smallest absolute Gasteiger partial charge is 0.744 e. The fourth-order valence-electron chi connectivity index (χ4n) is 7.78. The zero-order valence-corrected chi connectivity index (χ0v) is 58.8. The van der Waals surface area contributed by atoms with Gasteiger partial charge >= 0.3 is 19.5 Å². The van der Waals surface area contributed by atoms with Gasteiger partial charge in [-0.3, -0.25) is 9.97 Å². The van der Waals surface area contributed by atoms with Gasteiger partial charge in [-0.15, -0.1) is 60.7 Å². The summed E-state index contributed by atoms with van der Waals surface area (Å²) in [5.74, 6) is 0. The summed E-state index contributed by atoms with van der Waals surface area (Å²) in [5.41, 5.74) is 13.1. The van der Waals surface area contributed by atoms with E-state index in [1.54, 1.807) is 24.3 Å². The van der Waals surface area contributed by atoms with Gasteiger partial charge in [0.25, 0.3) is 0 Å². The molecule has 2 aromatic carbocycles. The van der Waals surface area contributed by atoms with Crippen LogP contribution in [0.1, 0.15) is 45.6 Å². The second kappa shape index (κ2) is 26.6. The second-order valence-corrected chi connectivity index (χ2v) is 18.2. The maximum Gasteiger partial charge on any atom is 2.00 e. The third kappa shape index (κ3) is 14.8. The molecule has 374 valence electrons. The topological polar surface area (TPSA) is 229 Å². The number of aromatic amines is 4. The average Bonchev–Trinajstić information content (AvgIpc) is 4.16. The number of aromatic nitrogens is 8. The summed E-state index contributed by atoms with van der Waals surface area (Å²) >= 11 is 0. The number of rotatable bonds is 4. The molecule has 0 fully saturated rings. The fourth-order valence-corrected chi connectivity index (χ4v) is 8.81. The molecule has 14 nitrogen and oxygen atoms in total. The second-order valence-electron chi connectivity index (χ2n) is 15.5. The molecule has 23 heteroatoms. The van der Waals surface area contributed by atoms with Crippen molar-refractivity contribution in [3.05, 3.63) is 179 Å². The van der Waals surface area contributed by atoms with E-state index in [1.165, 1.54) is 24.3 Å². The molecule has 10 heterocycles. The Balaban J connectivity index is 0.000000297. The molecule has 16 bridgehead atoms. The van der Waals surface area contributed by atoms with Crippen LogP contribution in [-0.4, -0.2) is 65.8 Å². The predicted molar refractivity (Wildman–Crippen MR) is 258 cm³/mol. The van der Waals surface area contributed by atoms with Gasteiger partial charge in [0.2, 0.25) is 0 Å². The maximum absolute atomic E-state index is 11.7. The Morgan fingerprint density at radius 3 is 0.960 bits per heavy atom. The number of hydrogen-bond acceptors (Lipinski definition) is 10. The standard InChI is InChI=1S/2C26H15N4O3S.6Re.Zn/c2*31-34(32,33)23-3-1-2-16(12-23)26-24-10-8-21(29-24)14-19-6-4-17(27-19)13-18-5-7-20(28-18)15-22-9-11-25(26)30-22;;;;;;;/h2*1-12,27,30H,(H,31,32,33);;;;;;;/q2*-3;;;;;;;+2/p-2. The molecule has 6 aromatic heterocycles. The molecule has 0 atom stereocenters. The summed E-state index contributed by atoms with van der Waals surface area (Å²) in [6, 6.07) is 46.1. The average molecular weight is 2110 g/mol. The molecule has 4 N–H and O–H groups in total. The van der Waals surface area contributed by atoms with Gasteiger partial charge in [0, 0.05) is 145 Å². The van der Waals surface area contributed by atoms with Crippen LogP contribution in [0, 0.1) is 36.4 Å². The van der Waals surface area contributed by atoms with E-state index in [9.17, 15) is 25.9 Å². The van der Waals surface area contributed by atoms with Gasteiger partial charge in [-0.05, 0) is 46.8 Å². The molecule has 4 aliphatic rings. The maximum atomic E-state index is 11.7. The van der Waals surface area contributed by atoms with E-state index >= 15 is 0 Å².